The molecule has 48 heavy (non-hydrogen) atoms. The second kappa shape index (κ2) is 11.0. The number of rotatable bonds is 3. The Kier molecular flexibility index (Phi) is 6.92. The molecule has 0 aromatic heterocycles. The Morgan fingerprint density at radius 3 is 2.58 bits per heavy atom. The molecule has 260 valence electrons. The van der Waals surface area contributed by atoms with E-state index in [1.807, 2.05) is 5.70 Å². The van der Waals surface area contributed by atoms with Crippen molar-refractivity contribution >= 4 is 0 Å². The number of allylic oxidation sites excluding steroid dienone is 6. The summed E-state index contributed by atoms with van der Waals surface area (Å²) in [7, 11) is 0. The zero-order valence-electron chi connectivity index (χ0n) is 30.3. The minimum atomic E-state index is 0.233. The first-order valence-corrected chi connectivity index (χ1v) is 21.5. The molecular formula is C45H64N2O. The molecule has 0 aromatic rings. The third kappa shape index (κ3) is 4.15. The molecule has 2 bridgehead atoms. The fraction of sp³-hybridized carbons (Fsp3) is 0.822. The van der Waals surface area contributed by atoms with E-state index in [4.69, 9.17) is 4.74 Å². The number of nitrogens with zero attached hydrogens (tertiary/aromatic N) is 2. The van der Waals surface area contributed by atoms with Crippen LogP contribution < -0.4 is 0 Å². The van der Waals surface area contributed by atoms with Gasteiger partial charge in [-0.05, 0) is 158 Å². The maximum Gasteiger partial charge on any atom is 0.103 e. The highest BCUT2D eigenvalue weighted by Gasteiger charge is 2.67. The van der Waals surface area contributed by atoms with Gasteiger partial charge in [-0.25, -0.2) is 0 Å². The average molecular weight is 649 g/mol. The molecule has 3 aliphatic heterocycles. The van der Waals surface area contributed by atoms with Gasteiger partial charge in [0.25, 0.3) is 0 Å². The molecule has 0 N–H and O–H groups in total. The monoisotopic (exact) mass is 649 g/mol. The smallest absolute Gasteiger partial charge is 0.103 e. The van der Waals surface area contributed by atoms with Crippen molar-refractivity contribution in [3.8, 4) is 0 Å². The van der Waals surface area contributed by atoms with E-state index in [-0.39, 0.29) is 5.54 Å². The molecule has 1 spiro atoms. The van der Waals surface area contributed by atoms with Crippen LogP contribution >= 0.6 is 0 Å². The summed E-state index contributed by atoms with van der Waals surface area (Å²) in [6.07, 6.45) is 42.5. The molecule has 14 atom stereocenters. The predicted octanol–water partition coefficient (Wildman–Crippen LogP) is 10.3. The normalized spacial score (nSPS) is 52.4. The molecule has 3 heteroatoms. The molecule has 3 saturated heterocycles. The number of hydrogen-bond acceptors (Lipinski definition) is 3. The van der Waals surface area contributed by atoms with Crippen LogP contribution in [0.1, 0.15) is 142 Å². The molecular weight excluding hydrogens is 585 g/mol. The number of fused-ring (bicyclic) bond motifs is 8. The fourth-order valence-electron chi connectivity index (χ4n) is 16.2. The number of likely N-dealkylation sites (tertiary alicyclic amines) is 2. The Balaban J connectivity index is 0.929. The molecule has 8 aliphatic carbocycles. The van der Waals surface area contributed by atoms with Crippen LogP contribution in [-0.2, 0) is 4.74 Å². The van der Waals surface area contributed by atoms with Crippen molar-refractivity contribution in [1.29, 1.82) is 0 Å². The van der Waals surface area contributed by atoms with Crippen LogP contribution in [0, 0.1) is 52.8 Å². The molecule has 0 amide bonds. The van der Waals surface area contributed by atoms with E-state index in [0.29, 0.717) is 17.6 Å². The minimum absolute atomic E-state index is 0.233. The number of ether oxygens (including phenoxy) is 1. The second-order valence-electron chi connectivity index (χ2n) is 19.7. The van der Waals surface area contributed by atoms with Gasteiger partial charge in [-0.15, -0.1) is 0 Å². The lowest BCUT2D eigenvalue weighted by molar-refractivity contribution is -0.0145. The van der Waals surface area contributed by atoms with Gasteiger partial charge in [0, 0.05) is 59.1 Å². The van der Waals surface area contributed by atoms with Gasteiger partial charge in [0.1, 0.15) is 6.10 Å². The largest absolute Gasteiger partial charge is 0.494 e. The van der Waals surface area contributed by atoms with Gasteiger partial charge < -0.3 is 9.64 Å². The quantitative estimate of drug-likeness (QED) is 0.283. The Hall–Kier alpha value is -1.48. The first kappa shape index (κ1) is 30.2. The average Bonchev–Trinajstić information content (AvgIpc) is 3.90. The standard InChI is InChI=1S/C45H64N2O/c1-28-10-8-15-34-35-25-36-37-16-6-7-20-44(37,2)47(39(36)26-41(35)48-43(28)34)33-17-18-38-40(24-33)46(42-22-29-19-21-45(38,42)27-29)32-14-9-13-31(23-32)30-11-4-3-5-12-30/h7,19-21,23,29-31,33-42H,3-6,8-18,22,24-27H2,1-2H3. The zero-order valence-corrected chi connectivity index (χ0v) is 30.3. The molecule has 0 aromatic carbocycles. The summed E-state index contributed by atoms with van der Waals surface area (Å²) in [6, 6.07) is 2.95. The lowest BCUT2D eigenvalue weighted by Crippen LogP contribution is -2.57. The van der Waals surface area contributed by atoms with E-state index in [9.17, 15) is 0 Å². The maximum atomic E-state index is 7.03. The Morgan fingerprint density at radius 2 is 1.69 bits per heavy atom. The first-order chi connectivity index (χ1) is 23.5. The molecule has 4 saturated carbocycles. The van der Waals surface area contributed by atoms with Crippen LogP contribution in [0.4, 0.5) is 0 Å². The van der Waals surface area contributed by atoms with E-state index < -0.39 is 0 Å². The SMILES string of the molecule is CC1=C2OC3CC4C(CC3C2CCC1)C1CCC=CC1(C)N4C1CCC2C(C1)N(C1=CC(C3CCCCC3)CCC1)C1CC3C=CC21C3. The lowest BCUT2D eigenvalue weighted by atomic mass is 9.65. The van der Waals surface area contributed by atoms with Gasteiger partial charge in [-0.3, -0.25) is 4.90 Å². The summed E-state index contributed by atoms with van der Waals surface area (Å²) in [6.45, 7) is 5.09. The summed E-state index contributed by atoms with van der Waals surface area (Å²) < 4.78 is 7.03. The highest BCUT2D eigenvalue weighted by Crippen LogP contribution is 2.67. The summed E-state index contributed by atoms with van der Waals surface area (Å²) in [5.74, 6) is 8.20. The summed E-state index contributed by atoms with van der Waals surface area (Å²) in [4.78, 5) is 6.44. The van der Waals surface area contributed by atoms with Crippen molar-refractivity contribution in [3.05, 3.63) is 47.4 Å². The van der Waals surface area contributed by atoms with Gasteiger partial charge in [0.2, 0.25) is 0 Å². The lowest BCUT2D eigenvalue weighted by Gasteiger charge is -2.51. The van der Waals surface area contributed by atoms with Crippen molar-refractivity contribution < 1.29 is 4.74 Å². The molecule has 0 radical (unpaired) electrons. The zero-order chi connectivity index (χ0) is 31.8. The fourth-order valence-corrected chi connectivity index (χ4v) is 16.2. The van der Waals surface area contributed by atoms with Crippen LogP contribution in [0.5, 0.6) is 0 Å². The van der Waals surface area contributed by atoms with Crippen molar-refractivity contribution in [2.45, 2.75) is 178 Å². The van der Waals surface area contributed by atoms with Gasteiger partial charge >= 0.3 is 0 Å². The Bertz CT molecular complexity index is 1430. The maximum absolute atomic E-state index is 7.03. The minimum Gasteiger partial charge on any atom is -0.494 e. The van der Waals surface area contributed by atoms with Crippen molar-refractivity contribution in [3.63, 3.8) is 0 Å². The van der Waals surface area contributed by atoms with Crippen molar-refractivity contribution in [2.24, 2.45) is 52.8 Å². The molecule has 7 fully saturated rings. The third-order valence-electron chi connectivity index (χ3n) is 17.9. The molecule has 14 unspecified atom stereocenters. The molecule has 11 rings (SSSR count). The Morgan fingerprint density at radius 1 is 0.792 bits per heavy atom. The van der Waals surface area contributed by atoms with Crippen LogP contribution in [0.2, 0.25) is 0 Å². The van der Waals surface area contributed by atoms with Crippen LogP contribution in [0.3, 0.4) is 0 Å². The van der Waals surface area contributed by atoms with E-state index in [1.54, 1.807) is 5.57 Å². The molecule has 3 nitrogen and oxygen atoms in total. The summed E-state index contributed by atoms with van der Waals surface area (Å²) >= 11 is 0. The van der Waals surface area contributed by atoms with Crippen LogP contribution in [-0.4, -0.2) is 45.6 Å². The number of hydrogen-bond donors (Lipinski definition) is 0. The van der Waals surface area contributed by atoms with E-state index in [2.05, 4.69) is 54.0 Å². The Labute approximate surface area is 292 Å². The van der Waals surface area contributed by atoms with Crippen molar-refractivity contribution in [1.82, 2.24) is 9.80 Å². The molecule has 3 heterocycles. The van der Waals surface area contributed by atoms with Gasteiger partial charge in [0.05, 0.1) is 5.76 Å². The van der Waals surface area contributed by atoms with E-state index in [0.717, 1.165) is 65.5 Å². The van der Waals surface area contributed by atoms with Gasteiger partial charge in [0.15, 0.2) is 0 Å². The van der Waals surface area contributed by atoms with E-state index >= 15 is 0 Å². The third-order valence-corrected chi connectivity index (χ3v) is 17.9. The van der Waals surface area contributed by atoms with Gasteiger partial charge in [-0.2, -0.15) is 0 Å². The predicted molar refractivity (Wildman–Crippen MR) is 194 cm³/mol. The van der Waals surface area contributed by atoms with Gasteiger partial charge in [-0.1, -0.05) is 49.6 Å². The highest BCUT2D eigenvalue weighted by molar-refractivity contribution is 5.33. The summed E-state index contributed by atoms with van der Waals surface area (Å²) in [5.41, 5.74) is 4.11. The molecule has 11 aliphatic rings. The second-order valence-corrected chi connectivity index (χ2v) is 19.7. The van der Waals surface area contributed by atoms with Crippen LogP contribution in [0.15, 0.2) is 47.4 Å². The highest BCUT2D eigenvalue weighted by atomic mass is 16.5. The topological polar surface area (TPSA) is 15.7 Å². The first-order valence-electron chi connectivity index (χ1n) is 21.5. The van der Waals surface area contributed by atoms with Crippen molar-refractivity contribution in [2.75, 3.05) is 0 Å². The van der Waals surface area contributed by atoms with E-state index in [1.165, 1.54) is 134 Å². The summed E-state index contributed by atoms with van der Waals surface area (Å²) in [5, 5.41) is 0. The van der Waals surface area contributed by atoms with Crippen LogP contribution in [0.25, 0.3) is 0 Å².